The number of hydrogen-bond acceptors (Lipinski definition) is 4. The summed E-state index contributed by atoms with van der Waals surface area (Å²) in [6.07, 6.45) is 0. The fourth-order valence-corrected chi connectivity index (χ4v) is 2.48. The summed E-state index contributed by atoms with van der Waals surface area (Å²) in [5.74, 6) is -0.332. The van der Waals surface area contributed by atoms with E-state index in [1.165, 1.54) is 0 Å². The van der Waals surface area contributed by atoms with Gasteiger partial charge in [-0.25, -0.2) is 0 Å². The zero-order chi connectivity index (χ0) is 16.7. The first-order chi connectivity index (χ1) is 11.1. The Morgan fingerprint density at radius 1 is 1.04 bits per heavy atom. The van der Waals surface area contributed by atoms with Gasteiger partial charge in [-0.05, 0) is 39.7 Å². The van der Waals surface area contributed by atoms with E-state index in [9.17, 15) is 9.59 Å². The highest BCUT2D eigenvalue weighted by Crippen LogP contribution is 2.32. The van der Waals surface area contributed by atoms with E-state index in [-0.39, 0.29) is 13.2 Å². The molecule has 0 aromatic heterocycles. The minimum atomic E-state index is -0.463. The van der Waals surface area contributed by atoms with Gasteiger partial charge in [-0.3, -0.25) is 20.4 Å². The molecule has 0 bridgehead atoms. The van der Waals surface area contributed by atoms with Crippen LogP contribution in [0.1, 0.15) is 6.92 Å². The SMILES string of the molecule is CCOCC(=O)NNC(=O)COc1ccc2ccccc2c1Br. The zero-order valence-corrected chi connectivity index (χ0v) is 14.2. The molecule has 0 radical (unpaired) electrons. The lowest BCUT2D eigenvalue weighted by Gasteiger charge is -2.11. The van der Waals surface area contributed by atoms with Crippen LogP contribution in [0.15, 0.2) is 40.9 Å². The van der Waals surface area contributed by atoms with Crippen LogP contribution in [-0.2, 0) is 14.3 Å². The summed E-state index contributed by atoms with van der Waals surface area (Å²) in [6.45, 7) is 1.89. The van der Waals surface area contributed by atoms with Crippen molar-refractivity contribution < 1.29 is 19.1 Å². The number of benzene rings is 2. The highest BCUT2D eigenvalue weighted by molar-refractivity contribution is 9.10. The summed E-state index contributed by atoms with van der Waals surface area (Å²) in [6, 6.07) is 11.5. The van der Waals surface area contributed by atoms with Crippen molar-refractivity contribution in [2.75, 3.05) is 19.8 Å². The quantitative estimate of drug-likeness (QED) is 0.752. The summed E-state index contributed by atoms with van der Waals surface area (Å²) < 4.78 is 11.2. The molecule has 2 amide bonds. The second-order valence-electron chi connectivity index (χ2n) is 4.62. The van der Waals surface area contributed by atoms with E-state index in [0.717, 1.165) is 15.2 Å². The molecule has 0 fully saturated rings. The van der Waals surface area contributed by atoms with E-state index < -0.39 is 11.8 Å². The third kappa shape index (κ3) is 4.94. The second kappa shape index (κ2) is 8.50. The van der Waals surface area contributed by atoms with Gasteiger partial charge in [0.2, 0.25) is 0 Å². The van der Waals surface area contributed by atoms with E-state index in [0.29, 0.717) is 12.4 Å². The van der Waals surface area contributed by atoms with Gasteiger partial charge in [-0.2, -0.15) is 0 Å². The average molecular weight is 381 g/mol. The van der Waals surface area contributed by atoms with E-state index in [2.05, 4.69) is 26.8 Å². The van der Waals surface area contributed by atoms with Crippen molar-refractivity contribution >= 4 is 38.5 Å². The molecule has 0 saturated heterocycles. The minimum Gasteiger partial charge on any atom is -0.483 e. The normalized spacial score (nSPS) is 10.3. The van der Waals surface area contributed by atoms with Crippen molar-refractivity contribution in [1.29, 1.82) is 0 Å². The van der Waals surface area contributed by atoms with E-state index in [4.69, 9.17) is 9.47 Å². The highest BCUT2D eigenvalue weighted by Gasteiger charge is 2.09. The van der Waals surface area contributed by atoms with Crippen molar-refractivity contribution in [2.45, 2.75) is 6.92 Å². The van der Waals surface area contributed by atoms with Crippen molar-refractivity contribution in [1.82, 2.24) is 10.9 Å². The van der Waals surface area contributed by atoms with Crippen LogP contribution in [0.2, 0.25) is 0 Å². The van der Waals surface area contributed by atoms with Crippen LogP contribution in [0.3, 0.4) is 0 Å². The Balaban J connectivity index is 1.87. The molecule has 0 atom stereocenters. The molecular weight excluding hydrogens is 364 g/mol. The molecule has 0 aliphatic carbocycles. The van der Waals surface area contributed by atoms with Crippen molar-refractivity contribution in [3.63, 3.8) is 0 Å². The summed E-state index contributed by atoms with van der Waals surface area (Å²) in [5, 5.41) is 2.06. The van der Waals surface area contributed by atoms with Gasteiger partial charge in [0.15, 0.2) is 6.61 Å². The number of nitrogens with one attached hydrogen (secondary N) is 2. The lowest BCUT2D eigenvalue weighted by molar-refractivity contribution is -0.132. The minimum absolute atomic E-state index is 0.103. The lowest BCUT2D eigenvalue weighted by Crippen LogP contribution is -2.45. The predicted octanol–water partition coefficient (Wildman–Crippen LogP) is 2.17. The maximum atomic E-state index is 11.7. The molecule has 23 heavy (non-hydrogen) atoms. The third-order valence-corrected chi connectivity index (χ3v) is 3.78. The van der Waals surface area contributed by atoms with Gasteiger partial charge in [-0.1, -0.05) is 30.3 Å². The first-order valence-electron chi connectivity index (χ1n) is 7.07. The fourth-order valence-electron chi connectivity index (χ4n) is 1.87. The maximum absolute atomic E-state index is 11.7. The van der Waals surface area contributed by atoms with Crippen molar-refractivity contribution in [3.05, 3.63) is 40.9 Å². The lowest BCUT2D eigenvalue weighted by atomic mass is 10.1. The molecule has 2 aromatic carbocycles. The van der Waals surface area contributed by atoms with Crippen LogP contribution >= 0.6 is 15.9 Å². The van der Waals surface area contributed by atoms with Gasteiger partial charge < -0.3 is 9.47 Å². The Labute approximate surface area is 142 Å². The van der Waals surface area contributed by atoms with Gasteiger partial charge in [0.25, 0.3) is 11.8 Å². The Kier molecular flexibility index (Phi) is 6.37. The van der Waals surface area contributed by atoms with Crippen LogP contribution in [-0.4, -0.2) is 31.6 Å². The van der Waals surface area contributed by atoms with Gasteiger partial charge in [0.1, 0.15) is 12.4 Å². The van der Waals surface area contributed by atoms with Crippen LogP contribution in [0, 0.1) is 0 Å². The molecule has 0 heterocycles. The van der Waals surface area contributed by atoms with Crippen molar-refractivity contribution in [3.8, 4) is 5.75 Å². The summed E-state index contributed by atoms with van der Waals surface area (Å²) in [7, 11) is 0. The number of carbonyl (C=O) groups excluding carboxylic acids is 2. The third-order valence-electron chi connectivity index (χ3n) is 2.97. The topological polar surface area (TPSA) is 76.7 Å². The molecule has 2 rings (SSSR count). The number of carbonyl (C=O) groups is 2. The number of amides is 2. The molecule has 122 valence electrons. The van der Waals surface area contributed by atoms with E-state index in [1.54, 1.807) is 13.0 Å². The maximum Gasteiger partial charge on any atom is 0.276 e. The molecule has 0 spiro atoms. The number of fused-ring (bicyclic) bond motifs is 1. The van der Waals surface area contributed by atoms with Crippen LogP contribution < -0.4 is 15.6 Å². The van der Waals surface area contributed by atoms with Crippen molar-refractivity contribution in [2.24, 2.45) is 0 Å². The summed E-state index contributed by atoms with van der Waals surface area (Å²) in [5.41, 5.74) is 4.50. The standard InChI is InChI=1S/C16H17BrN2O4/c1-2-22-9-14(20)18-19-15(21)10-23-13-8-7-11-5-3-4-6-12(11)16(13)17/h3-8H,2,9-10H2,1H3,(H,18,20)(H,19,21). The first-order valence-corrected chi connectivity index (χ1v) is 7.86. The van der Waals surface area contributed by atoms with Crippen LogP contribution in [0.25, 0.3) is 10.8 Å². The molecule has 7 heteroatoms. The average Bonchev–Trinajstić information content (AvgIpc) is 2.57. The Morgan fingerprint density at radius 3 is 2.48 bits per heavy atom. The number of hydrogen-bond donors (Lipinski definition) is 2. The zero-order valence-electron chi connectivity index (χ0n) is 12.6. The van der Waals surface area contributed by atoms with Crippen LogP contribution in [0.4, 0.5) is 0 Å². The largest absolute Gasteiger partial charge is 0.483 e. The number of hydrazine groups is 1. The number of rotatable bonds is 6. The smallest absolute Gasteiger partial charge is 0.276 e. The fraction of sp³-hybridized carbons (Fsp3) is 0.250. The number of halogens is 1. The number of ether oxygens (including phenoxy) is 2. The van der Waals surface area contributed by atoms with E-state index >= 15 is 0 Å². The molecular formula is C16H17BrN2O4. The molecule has 2 aromatic rings. The first kappa shape index (κ1) is 17.2. The predicted molar refractivity (Wildman–Crippen MR) is 89.9 cm³/mol. The van der Waals surface area contributed by atoms with Gasteiger partial charge in [0, 0.05) is 6.61 Å². The Hall–Kier alpha value is -2.12. The summed E-state index contributed by atoms with van der Waals surface area (Å²) >= 11 is 3.48. The molecule has 6 nitrogen and oxygen atoms in total. The van der Waals surface area contributed by atoms with Gasteiger partial charge in [-0.15, -0.1) is 0 Å². The molecule has 0 unspecified atom stereocenters. The Morgan fingerprint density at radius 2 is 1.74 bits per heavy atom. The van der Waals surface area contributed by atoms with E-state index in [1.807, 2.05) is 30.3 Å². The molecule has 0 aliphatic heterocycles. The van der Waals surface area contributed by atoms with Gasteiger partial charge >= 0.3 is 0 Å². The second-order valence-corrected chi connectivity index (χ2v) is 5.41. The summed E-state index contributed by atoms with van der Waals surface area (Å²) in [4.78, 5) is 22.9. The molecule has 0 saturated carbocycles. The van der Waals surface area contributed by atoms with Crippen LogP contribution in [0.5, 0.6) is 5.75 Å². The molecule has 2 N–H and O–H groups in total. The Bertz CT molecular complexity index is 706. The highest BCUT2D eigenvalue weighted by atomic mass is 79.9. The monoisotopic (exact) mass is 380 g/mol. The molecule has 0 aliphatic rings. The van der Waals surface area contributed by atoms with Gasteiger partial charge in [0.05, 0.1) is 4.47 Å².